The number of carbonyl (C=O) groups excluding carboxylic acids is 2. The van der Waals surface area contributed by atoms with Crippen molar-refractivity contribution < 1.29 is 19.1 Å². The first-order valence-electron chi connectivity index (χ1n) is 11.7. The number of ether oxygens (including phenoxy) is 2. The van der Waals surface area contributed by atoms with Gasteiger partial charge in [-0.05, 0) is 54.1 Å². The molecule has 0 saturated carbocycles. The molecule has 0 saturated heterocycles. The molecule has 6 heteroatoms. The molecule has 0 atom stereocenters. The van der Waals surface area contributed by atoms with Crippen molar-refractivity contribution in [2.24, 2.45) is 0 Å². The average Bonchev–Trinajstić information content (AvgIpc) is 2.92. The summed E-state index contributed by atoms with van der Waals surface area (Å²) in [4.78, 5) is 27.4. The first kappa shape index (κ1) is 24.5. The Balaban J connectivity index is 1.32. The van der Waals surface area contributed by atoms with Crippen LogP contribution in [0.2, 0.25) is 0 Å². The van der Waals surface area contributed by atoms with Crippen LogP contribution in [0.15, 0.2) is 109 Å². The monoisotopic (exact) mass is 480 g/mol. The number of carbonyl (C=O) groups is 2. The summed E-state index contributed by atoms with van der Waals surface area (Å²) in [6.07, 6.45) is 0. The van der Waals surface area contributed by atoms with Crippen LogP contribution in [0.4, 0.5) is 5.69 Å². The summed E-state index contributed by atoms with van der Waals surface area (Å²) in [5.74, 6) is 0.943. The van der Waals surface area contributed by atoms with Crippen molar-refractivity contribution in [1.29, 1.82) is 0 Å². The zero-order valence-electron chi connectivity index (χ0n) is 20.1. The Kier molecular flexibility index (Phi) is 8.33. The van der Waals surface area contributed by atoms with Gasteiger partial charge in [-0.25, -0.2) is 0 Å². The molecule has 0 aliphatic carbocycles. The van der Waals surface area contributed by atoms with E-state index in [2.05, 4.69) is 5.32 Å². The largest absolute Gasteiger partial charge is 0.490 e. The highest BCUT2D eigenvalue weighted by molar-refractivity contribution is 6.05. The van der Waals surface area contributed by atoms with Crippen molar-refractivity contribution in [2.45, 2.75) is 6.54 Å². The maximum atomic E-state index is 12.9. The van der Waals surface area contributed by atoms with E-state index >= 15 is 0 Å². The molecule has 182 valence electrons. The maximum Gasteiger partial charge on any atom is 0.255 e. The molecule has 4 aromatic rings. The van der Waals surface area contributed by atoms with Crippen molar-refractivity contribution in [2.75, 3.05) is 25.6 Å². The van der Waals surface area contributed by atoms with E-state index in [0.717, 1.165) is 11.3 Å². The quantitative estimate of drug-likeness (QED) is 0.297. The molecule has 0 radical (unpaired) electrons. The van der Waals surface area contributed by atoms with Gasteiger partial charge in [0, 0.05) is 30.4 Å². The Morgan fingerprint density at radius 2 is 1.31 bits per heavy atom. The Labute approximate surface area is 211 Å². The first-order valence-corrected chi connectivity index (χ1v) is 11.7. The molecular weight excluding hydrogens is 452 g/mol. The van der Waals surface area contributed by atoms with Crippen LogP contribution in [-0.2, 0) is 6.54 Å². The van der Waals surface area contributed by atoms with E-state index < -0.39 is 0 Å². The molecule has 6 nitrogen and oxygen atoms in total. The summed E-state index contributed by atoms with van der Waals surface area (Å²) in [6, 6.07) is 33.2. The Morgan fingerprint density at radius 1 is 0.694 bits per heavy atom. The summed E-state index contributed by atoms with van der Waals surface area (Å²) in [6.45, 7) is 1.24. The highest BCUT2D eigenvalue weighted by Crippen LogP contribution is 2.18. The fourth-order valence-electron chi connectivity index (χ4n) is 3.65. The van der Waals surface area contributed by atoms with Gasteiger partial charge in [0.25, 0.3) is 11.8 Å². The summed E-state index contributed by atoms with van der Waals surface area (Å²) in [7, 11) is 1.76. The van der Waals surface area contributed by atoms with E-state index in [1.165, 1.54) is 0 Å². The lowest BCUT2D eigenvalue weighted by atomic mass is 10.1. The number of para-hydroxylation sites is 1. The smallest absolute Gasteiger partial charge is 0.255 e. The van der Waals surface area contributed by atoms with E-state index in [4.69, 9.17) is 9.47 Å². The van der Waals surface area contributed by atoms with Gasteiger partial charge in [-0.1, -0.05) is 60.7 Å². The maximum absolute atomic E-state index is 12.9. The van der Waals surface area contributed by atoms with Crippen molar-refractivity contribution in [3.63, 3.8) is 0 Å². The number of anilines is 1. The van der Waals surface area contributed by atoms with Gasteiger partial charge < -0.3 is 19.7 Å². The summed E-state index contributed by atoms with van der Waals surface area (Å²) < 4.78 is 11.4. The molecule has 0 aliphatic heterocycles. The molecule has 2 amide bonds. The lowest BCUT2D eigenvalue weighted by molar-refractivity contribution is 0.0784. The highest BCUT2D eigenvalue weighted by Gasteiger charge is 2.14. The molecule has 0 aromatic heterocycles. The Morgan fingerprint density at radius 3 is 2.06 bits per heavy atom. The van der Waals surface area contributed by atoms with E-state index in [-0.39, 0.29) is 11.8 Å². The van der Waals surface area contributed by atoms with Crippen LogP contribution in [0.1, 0.15) is 26.3 Å². The predicted molar refractivity (Wildman–Crippen MR) is 141 cm³/mol. The van der Waals surface area contributed by atoms with E-state index in [9.17, 15) is 9.59 Å². The number of nitrogens with one attached hydrogen (secondary N) is 1. The minimum Gasteiger partial charge on any atom is -0.490 e. The number of hydrogen-bond acceptors (Lipinski definition) is 4. The third-order valence-corrected chi connectivity index (χ3v) is 5.44. The summed E-state index contributed by atoms with van der Waals surface area (Å²) >= 11 is 0. The van der Waals surface area contributed by atoms with Gasteiger partial charge in [-0.15, -0.1) is 0 Å². The van der Waals surface area contributed by atoms with E-state index in [0.29, 0.717) is 42.3 Å². The van der Waals surface area contributed by atoms with Gasteiger partial charge in [0.1, 0.15) is 24.7 Å². The van der Waals surface area contributed by atoms with Crippen LogP contribution in [0, 0.1) is 0 Å². The summed E-state index contributed by atoms with van der Waals surface area (Å²) in [5.41, 5.74) is 2.55. The average molecular weight is 481 g/mol. The second kappa shape index (κ2) is 12.2. The van der Waals surface area contributed by atoms with Crippen LogP contribution in [-0.4, -0.2) is 37.0 Å². The number of benzene rings is 4. The Hall–Kier alpha value is -4.58. The van der Waals surface area contributed by atoms with E-state index in [1.807, 2.05) is 60.7 Å². The molecule has 0 unspecified atom stereocenters. The van der Waals surface area contributed by atoms with Crippen molar-refractivity contribution in [1.82, 2.24) is 4.90 Å². The van der Waals surface area contributed by atoms with Crippen LogP contribution in [0.3, 0.4) is 0 Å². The third kappa shape index (κ3) is 6.96. The van der Waals surface area contributed by atoms with Crippen molar-refractivity contribution >= 4 is 17.5 Å². The molecule has 36 heavy (non-hydrogen) atoms. The van der Waals surface area contributed by atoms with Crippen LogP contribution in [0.5, 0.6) is 11.5 Å². The molecule has 1 N–H and O–H groups in total. The van der Waals surface area contributed by atoms with Gasteiger partial charge >= 0.3 is 0 Å². The zero-order chi connectivity index (χ0) is 25.2. The number of nitrogens with zero attached hydrogens (tertiary/aromatic N) is 1. The van der Waals surface area contributed by atoms with Gasteiger partial charge in [0.15, 0.2) is 0 Å². The predicted octanol–water partition coefficient (Wildman–Crippen LogP) is 5.67. The molecule has 0 heterocycles. The van der Waals surface area contributed by atoms with Crippen LogP contribution in [0.25, 0.3) is 0 Å². The number of hydrogen-bond donors (Lipinski definition) is 1. The number of rotatable bonds is 10. The van der Waals surface area contributed by atoms with Gasteiger partial charge in [-0.3, -0.25) is 9.59 Å². The van der Waals surface area contributed by atoms with E-state index in [1.54, 1.807) is 60.5 Å². The minimum atomic E-state index is -0.289. The first-order chi connectivity index (χ1) is 17.6. The van der Waals surface area contributed by atoms with Crippen LogP contribution >= 0.6 is 0 Å². The fourth-order valence-corrected chi connectivity index (χ4v) is 3.65. The molecule has 0 aliphatic rings. The fraction of sp³-hybridized carbons (Fsp3) is 0.133. The zero-order valence-corrected chi connectivity index (χ0v) is 20.1. The SMILES string of the molecule is CN(Cc1ccccc1)C(=O)c1cccc(NC(=O)c2cccc(OCCOc3ccccc3)c2)c1. The molecule has 4 aromatic carbocycles. The number of amides is 2. The molecular formula is C30H28N2O4. The van der Waals surface area contributed by atoms with Crippen molar-refractivity contribution in [3.05, 3.63) is 126 Å². The van der Waals surface area contributed by atoms with Gasteiger partial charge in [0.2, 0.25) is 0 Å². The topological polar surface area (TPSA) is 67.9 Å². The molecule has 0 bridgehead atoms. The lowest BCUT2D eigenvalue weighted by Gasteiger charge is -2.18. The van der Waals surface area contributed by atoms with Gasteiger partial charge in [0.05, 0.1) is 0 Å². The molecule has 0 fully saturated rings. The van der Waals surface area contributed by atoms with Crippen molar-refractivity contribution in [3.8, 4) is 11.5 Å². The summed E-state index contributed by atoms with van der Waals surface area (Å²) in [5, 5.41) is 2.87. The third-order valence-electron chi connectivity index (χ3n) is 5.44. The van der Waals surface area contributed by atoms with Gasteiger partial charge in [-0.2, -0.15) is 0 Å². The van der Waals surface area contributed by atoms with Crippen LogP contribution < -0.4 is 14.8 Å². The Bertz CT molecular complexity index is 1290. The minimum absolute atomic E-state index is 0.122. The molecule has 0 spiro atoms. The normalized spacial score (nSPS) is 10.4. The standard InChI is InChI=1S/C30H28N2O4/c1-32(22-23-10-4-2-5-11-23)30(34)25-13-8-14-26(20-25)31-29(33)24-12-9-17-28(21-24)36-19-18-35-27-15-6-3-7-16-27/h2-17,20-21H,18-19,22H2,1H3,(H,31,33). The highest BCUT2D eigenvalue weighted by atomic mass is 16.5. The molecule has 4 rings (SSSR count). The second-order valence-electron chi connectivity index (χ2n) is 8.22. The lowest BCUT2D eigenvalue weighted by Crippen LogP contribution is -2.26. The second-order valence-corrected chi connectivity index (χ2v) is 8.22.